The molecule has 1 aliphatic rings. The predicted molar refractivity (Wildman–Crippen MR) is 103 cm³/mol. The Labute approximate surface area is 152 Å². The van der Waals surface area contributed by atoms with Gasteiger partial charge in [-0.05, 0) is 45.4 Å². The van der Waals surface area contributed by atoms with Gasteiger partial charge in [-0.15, -0.1) is 0 Å². The van der Waals surface area contributed by atoms with E-state index in [0.717, 1.165) is 61.0 Å². The molecule has 0 aromatic carbocycles. The number of fused-ring (bicyclic) bond motifs is 3. The molecule has 3 aromatic rings. The van der Waals surface area contributed by atoms with Crippen LogP contribution in [0.3, 0.4) is 0 Å². The molecule has 0 bridgehead atoms. The molecule has 0 amide bonds. The molecule has 3 aromatic heterocycles. The molecule has 4 heterocycles. The van der Waals surface area contributed by atoms with E-state index in [1.807, 2.05) is 12.3 Å². The Hall–Kier alpha value is -2.25. The highest BCUT2D eigenvalue weighted by atomic mass is 16.3. The van der Waals surface area contributed by atoms with Crippen LogP contribution in [0.4, 0.5) is 0 Å². The third-order valence-electron chi connectivity index (χ3n) is 5.29. The molecule has 1 aliphatic heterocycles. The number of piperidine rings is 1. The molecule has 0 aliphatic carbocycles. The van der Waals surface area contributed by atoms with E-state index in [9.17, 15) is 5.11 Å². The number of pyridine rings is 1. The Kier molecular flexibility index (Phi) is 4.28. The predicted octanol–water partition coefficient (Wildman–Crippen LogP) is 2.82. The van der Waals surface area contributed by atoms with Crippen molar-refractivity contribution in [3.05, 3.63) is 24.3 Å². The third kappa shape index (κ3) is 2.91. The summed E-state index contributed by atoms with van der Waals surface area (Å²) in [6.07, 6.45) is 8.01. The molecular formula is C19H26N6O. The highest BCUT2D eigenvalue weighted by Crippen LogP contribution is 2.35. The summed E-state index contributed by atoms with van der Waals surface area (Å²) in [6.45, 7) is 6.55. The molecule has 0 unspecified atom stereocenters. The van der Waals surface area contributed by atoms with Gasteiger partial charge in [0.25, 0.3) is 0 Å². The van der Waals surface area contributed by atoms with Gasteiger partial charge in [0, 0.05) is 37.3 Å². The molecule has 138 valence electrons. The molecule has 0 radical (unpaired) electrons. The topological polar surface area (TPSA) is 93.8 Å². The molecule has 1 saturated heterocycles. The Morgan fingerprint density at radius 2 is 2.15 bits per heavy atom. The second-order valence-electron chi connectivity index (χ2n) is 7.66. The molecule has 7 heteroatoms. The Bertz CT molecular complexity index is 927. The molecule has 26 heavy (non-hydrogen) atoms. The summed E-state index contributed by atoms with van der Waals surface area (Å²) in [5, 5.41) is 19.0. The van der Waals surface area contributed by atoms with E-state index in [-0.39, 0.29) is 0 Å². The van der Waals surface area contributed by atoms with Crippen LogP contribution in [0.2, 0.25) is 0 Å². The van der Waals surface area contributed by atoms with Gasteiger partial charge >= 0.3 is 0 Å². The average Bonchev–Trinajstić information content (AvgIpc) is 3.23. The number of nitrogens with one attached hydrogen (secondary N) is 2. The number of aromatic nitrogens is 4. The van der Waals surface area contributed by atoms with E-state index in [2.05, 4.69) is 19.4 Å². The fourth-order valence-electron chi connectivity index (χ4n) is 4.03. The highest BCUT2D eigenvalue weighted by Gasteiger charge is 2.31. The highest BCUT2D eigenvalue weighted by molar-refractivity contribution is 6.01. The SMILES string of the molecule is CC(C)(O)c1nc2cnc3[nH]ccc3c2n1C1CCN(CCC=N)CC1. The number of hydrogen-bond acceptors (Lipinski definition) is 5. The Morgan fingerprint density at radius 3 is 2.85 bits per heavy atom. The normalized spacial score (nSPS) is 17.3. The van der Waals surface area contributed by atoms with Crippen LogP contribution in [0.25, 0.3) is 22.1 Å². The van der Waals surface area contributed by atoms with E-state index in [4.69, 9.17) is 10.4 Å². The molecule has 7 nitrogen and oxygen atoms in total. The van der Waals surface area contributed by atoms with Crippen LogP contribution in [0.15, 0.2) is 18.5 Å². The smallest absolute Gasteiger partial charge is 0.141 e. The lowest BCUT2D eigenvalue weighted by Crippen LogP contribution is -2.36. The first-order valence-corrected chi connectivity index (χ1v) is 9.27. The van der Waals surface area contributed by atoms with Crippen LogP contribution >= 0.6 is 0 Å². The summed E-state index contributed by atoms with van der Waals surface area (Å²) in [5.41, 5.74) is 1.73. The van der Waals surface area contributed by atoms with Crippen molar-refractivity contribution in [2.75, 3.05) is 19.6 Å². The number of imidazole rings is 1. The van der Waals surface area contributed by atoms with E-state index in [1.165, 1.54) is 6.21 Å². The summed E-state index contributed by atoms with van der Waals surface area (Å²) in [6, 6.07) is 2.34. The van der Waals surface area contributed by atoms with E-state index in [1.54, 1.807) is 20.0 Å². The lowest BCUT2D eigenvalue weighted by atomic mass is 10.0. The van der Waals surface area contributed by atoms with Crippen LogP contribution in [-0.2, 0) is 5.60 Å². The van der Waals surface area contributed by atoms with Gasteiger partial charge in [0.1, 0.15) is 22.6 Å². The van der Waals surface area contributed by atoms with Crippen molar-refractivity contribution in [3.8, 4) is 0 Å². The zero-order chi connectivity index (χ0) is 18.3. The first-order chi connectivity index (χ1) is 12.5. The van der Waals surface area contributed by atoms with Crippen molar-refractivity contribution in [2.24, 2.45) is 0 Å². The van der Waals surface area contributed by atoms with Gasteiger partial charge in [0.05, 0.1) is 11.7 Å². The Morgan fingerprint density at radius 1 is 1.38 bits per heavy atom. The van der Waals surface area contributed by atoms with Crippen LogP contribution in [0.1, 0.15) is 45.0 Å². The molecule has 3 N–H and O–H groups in total. The summed E-state index contributed by atoms with van der Waals surface area (Å²) in [5.74, 6) is 0.709. The zero-order valence-electron chi connectivity index (χ0n) is 15.4. The molecule has 0 saturated carbocycles. The lowest BCUT2D eigenvalue weighted by molar-refractivity contribution is 0.0608. The maximum Gasteiger partial charge on any atom is 0.141 e. The molecule has 1 fully saturated rings. The van der Waals surface area contributed by atoms with Crippen LogP contribution in [-0.4, -0.2) is 55.4 Å². The summed E-state index contributed by atoms with van der Waals surface area (Å²) in [4.78, 5) is 14.8. The van der Waals surface area contributed by atoms with Crippen molar-refractivity contribution in [3.63, 3.8) is 0 Å². The number of rotatable bonds is 5. The standard InChI is InChI=1S/C19H26N6O/c1-19(2,26)18-23-15-12-22-17-14(4-8-21-17)16(15)25(18)13-5-10-24(11-6-13)9-3-7-20/h4,7-8,12-13,20,26H,3,5-6,9-11H2,1-2H3,(H,21,22). The van der Waals surface area contributed by atoms with Gasteiger partial charge in [0.2, 0.25) is 0 Å². The minimum atomic E-state index is -1.01. The average molecular weight is 354 g/mol. The van der Waals surface area contributed by atoms with Gasteiger partial charge in [0.15, 0.2) is 0 Å². The fraction of sp³-hybridized carbons (Fsp3) is 0.526. The van der Waals surface area contributed by atoms with Crippen molar-refractivity contribution in [2.45, 2.75) is 44.8 Å². The van der Waals surface area contributed by atoms with E-state index >= 15 is 0 Å². The molecule has 4 rings (SSSR count). The first kappa shape index (κ1) is 17.2. The van der Waals surface area contributed by atoms with Crippen LogP contribution in [0.5, 0.6) is 0 Å². The van der Waals surface area contributed by atoms with E-state index in [0.29, 0.717) is 11.9 Å². The minimum absolute atomic E-state index is 0.304. The van der Waals surface area contributed by atoms with Crippen molar-refractivity contribution >= 4 is 28.3 Å². The van der Waals surface area contributed by atoms with Gasteiger partial charge in [-0.25, -0.2) is 9.97 Å². The number of likely N-dealkylation sites (tertiary alicyclic amines) is 1. The quantitative estimate of drug-likeness (QED) is 0.614. The van der Waals surface area contributed by atoms with E-state index < -0.39 is 5.60 Å². The Balaban J connectivity index is 1.78. The van der Waals surface area contributed by atoms with Gasteiger partial charge in [-0.1, -0.05) is 0 Å². The molecule has 0 spiro atoms. The zero-order valence-corrected chi connectivity index (χ0v) is 15.4. The maximum absolute atomic E-state index is 10.7. The number of aromatic amines is 1. The second kappa shape index (κ2) is 6.48. The monoisotopic (exact) mass is 354 g/mol. The largest absolute Gasteiger partial charge is 0.383 e. The van der Waals surface area contributed by atoms with Crippen molar-refractivity contribution in [1.29, 1.82) is 5.41 Å². The van der Waals surface area contributed by atoms with Gasteiger partial charge in [-0.2, -0.15) is 0 Å². The van der Waals surface area contributed by atoms with Gasteiger partial charge < -0.3 is 25.0 Å². The number of H-pyrrole nitrogens is 1. The number of hydrogen-bond donors (Lipinski definition) is 3. The second-order valence-corrected chi connectivity index (χ2v) is 7.66. The first-order valence-electron chi connectivity index (χ1n) is 9.27. The van der Waals surface area contributed by atoms with Crippen LogP contribution in [0, 0.1) is 5.41 Å². The lowest BCUT2D eigenvalue weighted by Gasteiger charge is -2.34. The van der Waals surface area contributed by atoms with Crippen LogP contribution < -0.4 is 0 Å². The maximum atomic E-state index is 10.7. The summed E-state index contributed by atoms with van der Waals surface area (Å²) < 4.78 is 2.25. The van der Waals surface area contributed by atoms with Crippen molar-refractivity contribution in [1.82, 2.24) is 24.4 Å². The summed E-state index contributed by atoms with van der Waals surface area (Å²) >= 11 is 0. The molecule has 0 atom stereocenters. The fourth-order valence-corrected chi connectivity index (χ4v) is 4.03. The number of aliphatic hydroxyl groups is 1. The van der Waals surface area contributed by atoms with Gasteiger partial charge in [-0.3, -0.25) is 0 Å². The summed E-state index contributed by atoms with van der Waals surface area (Å²) in [7, 11) is 0. The number of nitrogens with zero attached hydrogens (tertiary/aromatic N) is 4. The van der Waals surface area contributed by atoms with Crippen molar-refractivity contribution < 1.29 is 5.11 Å². The third-order valence-corrected chi connectivity index (χ3v) is 5.29. The molecular weight excluding hydrogens is 328 g/mol. The minimum Gasteiger partial charge on any atom is -0.383 e.